The number of fused-ring (bicyclic) bond motifs is 3. The molecule has 1 aliphatic carbocycles. The minimum absolute atomic E-state index is 0.00341. The summed E-state index contributed by atoms with van der Waals surface area (Å²) in [7, 11) is 0. The number of allylic oxidation sites excluding steroid dienone is 2. The molecule has 2 N–H and O–H groups in total. The van der Waals surface area contributed by atoms with Crippen LogP contribution in [0.3, 0.4) is 0 Å². The Morgan fingerprint density at radius 3 is 2.78 bits per heavy atom. The summed E-state index contributed by atoms with van der Waals surface area (Å²) < 4.78 is 1.08. The van der Waals surface area contributed by atoms with E-state index in [1.54, 1.807) is 0 Å². The lowest BCUT2D eigenvalue weighted by atomic mass is 9.76. The first-order chi connectivity index (χ1) is 13.1. The SMILES string of the molecule is CCC(C)NC(=O)c1cccc2c1NC(c1ccc(Br)cc1)C1CC=CC21. The van der Waals surface area contributed by atoms with Gasteiger partial charge in [-0.2, -0.15) is 0 Å². The van der Waals surface area contributed by atoms with Crippen LogP contribution in [0.25, 0.3) is 0 Å². The normalized spacial score (nSPS) is 23.9. The fourth-order valence-corrected chi connectivity index (χ4v) is 4.48. The van der Waals surface area contributed by atoms with Gasteiger partial charge in [0.05, 0.1) is 17.3 Å². The van der Waals surface area contributed by atoms with E-state index in [1.807, 2.05) is 19.1 Å². The smallest absolute Gasteiger partial charge is 0.253 e. The summed E-state index contributed by atoms with van der Waals surface area (Å²) in [4.78, 5) is 12.9. The highest BCUT2D eigenvalue weighted by molar-refractivity contribution is 9.10. The van der Waals surface area contributed by atoms with Gasteiger partial charge in [-0.25, -0.2) is 0 Å². The Bertz CT molecular complexity index is 874. The van der Waals surface area contributed by atoms with Crippen LogP contribution in [0, 0.1) is 5.92 Å². The molecule has 0 fully saturated rings. The Morgan fingerprint density at radius 1 is 1.26 bits per heavy atom. The van der Waals surface area contributed by atoms with Crippen LogP contribution in [0.4, 0.5) is 5.69 Å². The van der Waals surface area contributed by atoms with Gasteiger partial charge >= 0.3 is 0 Å². The van der Waals surface area contributed by atoms with E-state index in [0.717, 1.165) is 28.6 Å². The number of carbonyl (C=O) groups excluding carboxylic acids is 1. The number of hydrogen-bond donors (Lipinski definition) is 2. The van der Waals surface area contributed by atoms with Crippen LogP contribution in [-0.4, -0.2) is 11.9 Å². The average Bonchev–Trinajstić information content (AvgIpc) is 3.17. The summed E-state index contributed by atoms with van der Waals surface area (Å²) in [5, 5.41) is 6.84. The Labute approximate surface area is 169 Å². The number of amides is 1. The zero-order chi connectivity index (χ0) is 19.0. The van der Waals surface area contributed by atoms with Crippen LogP contribution < -0.4 is 10.6 Å². The van der Waals surface area contributed by atoms with E-state index >= 15 is 0 Å². The maximum Gasteiger partial charge on any atom is 0.253 e. The molecule has 0 radical (unpaired) electrons. The quantitative estimate of drug-likeness (QED) is 0.608. The van der Waals surface area contributed by atoms with Gasteiger partial charge in [0.2, 0.25) is 0 Å². The first-order valence-corrected chi connectivity index (χ1v) is 10.5. The molecule has 1 aliphatic heterocycles. The molecule has 4 heteroatoms. The zero-order valence-corrected chi connectivity index (χ0v) is 17.3. The Balaban J connectivity index is 1.74. The third-order valence-electron chi connectivity index (χ3n) is 5.86. The number of benzene rings is 2. The molecule has 27 heavy (non-hydrogen) atoms. The summed E-state index contributed by atoms with van der Waals surface area (Å²) in [6.45, 7) is 4.13. The van der Waals surface area contributed by atoms with Gasteiger partial charge in [-0.1, -0.05) is 59.3 Å². The van der Waals surface area contributed by atoms with Crippen LogP contribution in [0.15, 0.2) is 59.1 Å². The molecule has 0 bridgehead atoms. The van der Waals surface area contributed by atoms with Crippen molar-refractivity contribution in [1.29, 1.82) is 0 Å². The number of nitrogens with one attached hydrogen (secondary N) is 2. The minimum atomic E-state index is 0.00341. The molecule has 4 atom stereocenters. The summed E-state index contributed by atoms with van der Waals surface area (Å²) in [5.74, 6) is 0.835. The Kier molecular flexibility index (Phi) is 5.09. The Hall–Kier alpha value is -2.07. The number of para-hydroxylation sites is 1. The van der Waals surface area contributed by atoms with Gasteiger partial charge in [0.1, 0.15) is 0 Å². The number of anilines is 1. The fraction of sp³-hybridized carbons (Fsp3) is 0.348. The minimum Gasteiger partial charge on any atom is -0.377 e. The number of rotatable bonds is 4. The predicted molar refractivity (Wildman–Crippen MR) is 114 cm³/mol. The van der Waals surface area contributed by atoms with Crippen molar-refractivity contribution < 1.29 is 4.79 Å². The highest BCUT2D eigenvalue weighted by Crippen LogP contribution is 2.50. The highest BCUT2D eigenvalue weighted by atomic mass is 79.9. The largest absolute Gasteiger partial charge is 0.377 e. The van der Waals surface area contributed by atoms with Crippen LogP contribution in [0.5, 0.6) is 0 Å². The molecule has 0 saturated carbocycles. The van der Waals surface area contributed by atoms with Crippen molar-refractivity contribution in [3.8, 4) is 0 Å². The van der Waals surface area contributed by atoms with E-state index in [1.165, 1.54) is 11.1 Å². The highest BCUT2D eigenvalue weighted by Gasteiger charge is 2.39. The topological polar surface area (TPSA) is 41.1 Å². The lowest BCUT2D eigenvalue weighted by Gasteiger charge is -2.38. The molecule has 2 aliphatic rings. The van der Waals surface area contributed by atoms with Gasteiger partial charge in [0, 0.05) is 16.4 Å². The summed E-state index contributed by atoms with van der Waals surface area (Å²) >= 11 is 3.53. The molecule has 1 heterocycles. The zero-order valence-electron chi connectivity index (χ0n) is 15.7. The van der Waals surface area contributed by atoms with Gasteiger partial charge in [0.15, 0.2) is 0 Å². The molecule has 140 valence electrons. The van der Waals surface area contributed by atoms with Gasteiger partial charge in [-0.15, -0.1) is 0 Å². The maximum atomic E-state index is 12.9. The lowest BCUT2D eigenvalue weighted by molar-refractivity contribution is 0.0939. The van der Waals surface area contributed by atoms with E-state index < -0.39 is 0 Å². The monoisotopic (exact) mass is 424 g/mol. The first kappa shape index (κ1) is 18.3. The summed E-state index contributed by atoms with van der Waals surface area (Å²) in [6, 6.07) is 15.0. The molecular weight excluding hydrogens is 400 g/mol. The van der Waals surface area contributed by atoms with Gasteiger partial charge in [-0.05, 0) is 55.0 Å². The average molecular weight is 425 g/mol. The van der Waals surface area contributed by atoms with Crippen molar-refractivity contribution in [3.05, 3.63) is 75.8 Å². The van der Waals surface area contributed by atoms with Crippen molar-refractivity contribution in [3.63, 3.8) is 0 Å². The second kappa shape index (κ2) is 7.51. The molecule has 2 aromatic rings. The third kappa shape index (κ3) is 3.43. The molecule has 4 unspecified atom stereocenters. The number of carbonyl (C=O) groups is 1. The van der Waals surface area contributed by atoms with Gasteiger partial charge < -0.3 is 10.6 Å². The van der Waals surface area contributed by atoms with E-state index in [0.29, 0.717) is 11.8 Å². The van der Waals surface area contributed by atoms with E-state index in [2.05, 4.69) is 76.0 Å². The van der Waals surface area contributed by atoms with Gasteiger partial charge in [-0.3, -0.25) is 4.79 Å². The van der Waals surface area contributed by atoms with Crippen molar-refractivity contribution in [2.75, 3.05) is 5.32 Å². The molecule has 2 aromatic carbocycles. The van der Waals surface area contributed by atoms with Crippen molar-refractivity contribution in [2.24, 2.45) is 5.92 Å². The molecule has 0 aromatic heterocycles. The maximum absolute atomic E-state index is 12.9. The summed E-state index contributed by atoms with van der Waals surface area (Å²) in [6.07, 6.45) is 6.57. The second-order valence-corrected chi connectivity index (χ2v) is 8.50. The number of halogens is 1. The van der Waals surface area contributed by atoms with Crippen LogP contribution in [-0.2, 0) is 0 Å². The fourth-order valence-electron chi connectivity index (χ4n) is 4.21. The molecule has 0 saturated heterocycles. The molecule has 4 rings (SSSR count). The first-order valence-electron chi connectivity index (χ1n) is 9.71. The van der Waals surface area contributed by atoms with Crippen molar-refractivity contribution in [2.45, 2.75) is 44.7 Å². The summed E-state index contributed by atoms with van der Waals surface area (Å²) in [5.41, 5.74) is 4.23. The molecular formula is C23H25BrN2O. The van der Waals surface area contributed by atoms with Gasteiger partial charge in [0.25, 0.3) is 5.91 Å². The lowest BCUT2D eigenvalue weighted by Crippen LogP contribution is -2.35. The van der Waals surface area contributed by atoms with Crippen LogP contribution >= 0.6 is 15.9 Å². The molecule has 0 spiro atoms. The van der Waals surface area contributed by atoms with Crippen molar-refractivity contribution in [1.82, 2.24) is 5.32 Å². The van der Waals surface area contributed by atoms with E-state index in [-0.39, 0.29) is 18.0 Å². The standard InChI is InChI=1S/C23H25BrN2O/c1-3-14(2)25-23(27)20-9-5-8-19-17-6-4-7-18(17)21(26-22(19)20)15-10-12-16(24)13-11-15/h4-6,8-14,17-18,21,26H,3,7H2,1-2H3,(H,25,27). The van der Waals surface area contributed by atoms with E-state index in [9.17, 15) is 4.79 Å². The molecule has 3 nitrogen and oxygen atoms in total. The molecule has 1 amide bonds. The third-order valence-corrected chi connectivity index (χ3v) is 6.39. The Morgan fingerprint density at radius 2 is 2.04 bits per heavy atom. The van der Waals surface area contributed by atoms with Crippen LogP contribution in [0.1, 0.15) is 60.1 Å². The van der Waals surface area contributed by atoms with E-state index in [4.69, 9.17) is 0 Å². The van der Waals surface area contributed by atoms with Crippen LogP contribution in [0.2, 0.25) is 0 Å². The van der Waals surface area contributed by atoms with Crippen molar-refractivity contribution >= 4 is 27.5 Å². The number of hydrogen-bond acceptors (Lipinski definition) is 2. The second-order valence-electron chi connectivity index (χ2n) is 7.58. The predicted octanol–water partition coefficient (Wildman–Crippen LogP) is 5.80.